The highest BCUT2D eigenvalue weighted by molar-refractivity contribution is 7.71. The van der Waals surface area contributed by atoms with Gasteiger partial charge in [-0.15, -0.1) is 0 Å². The SMILES string of the molecule is Cc1ccc([P@@](=O)(/C=C2/N(C)c3ccccc3C2(C)C)N(C)C)o1. The van der Waals surface area contributed by atoms with Crippen LogP contribution in [0.3, 0.4) is 0 Å². The van der Waals surface area contributed by atoms with Gasteiger partial charge < -0.3 is 9.32 Å². The first-order chi connectivity index (χ1) is 11.2. The molecule has 0 unspecified atom stereocenters. The zero-order valence-corrected chi connectivity index (χ0v) is 16.1. The number of fused-ring (bicyclic) bond motifs is 1. The highest BCUT2D eigenvalue weighted by atomic mass is 31.2. The van der Waals surface area contributed by atoms with Gasteiger partial charge in [0.25, 0.3) is 0 Å². The van der Waals surface area contributed by atoms with Gasteiger partial charge >= 0.3 is 0 Å². The summed E-state index contributed by atoms with van der Waals surface area (Å²) in [6, 6.07) is 12.0. The molecular formula is C19H25N2O2P. The van der Waals surface area contributed by atoms with E-state index in [1.54, 1.807) is 4.67 Å². The Hall–Kier alpha value is -1.77. The van der Waals surface area contributed by atoms with Gasteiger partial charge in [-0.05, 0) is 44.8 Å². The number of hydrogen-bond donors (Lipinski definition) is 0. The summed E-state index contributed by atoms with van der Waals surface area (Å²) in [6.07, 6.45) is 0. The van der Waals surface area contributed by atoms with Crippen molar-refractivity contribution in [1.29, 1.82) is 0 Å². The lowest BCUT2D eigenvalue weighted by atomic mass is 9.84. The molecule has 2 aromatic rings. The van der Waals surface area contributed by atoms with E-state index >= 15 is 0 Å². The summed E-state index contributed by atoms with van der Waals surface area (Å²) in [5.41, 5.74) is 3.76. The van der Waals surface area contributed by atoms with E-state index in [1.807, 2.05) is 52.1 Å². The van der Waals surface area contributed by atoms with Crippen LogP contribution in [-0.4, -0.2) is 25.8 Å². The lowest BCUT2D eigenvalue weighted by Crippen LogP contribution is -2.25. The fourth-order valence-electron chi connectivity index (χ4n) is 3.37. The minimum absolute atomic E-state index is 0.210. The van der Waals surface area contributed by atoms with Gasteiger partial charge in [0.15, 0.2) is 5.50 Å². The second kappa shape index (κ2) is 5.65. The maximum Gasteiger partial charge on any atom is 0.235 e. The van der Waals surface area contributed by atoms with Crippen molar-refractivity contribution in [3.63, 3.8) is 0 Å². The van der Waals surface area contributed by atoms with E-state index in [0.717, 1.165) is 17.1 Å². The summed E-state index contributed by atoms with van der Waals surface area (Å²) in [7, 11) is 2.76. The quantitative estimate of drug-likeness (QED) is 0.777. The molecule has 3 rings (SSSR count). The van der Waals surface area contributed by atoms with Gasteiger partial charge in [-0.25, -0.2) is 0 Å². The lowest BCUT2D eigenvalue weighted by Gasteiger charge is -2.28. The molecule has 0 spiro atoms. The Morgan fingerprint density at radius 2 is 1.83 bits per heavy atom. The van der Waals surface area contributed by atoms with E-state index in [1.165, 1.54) is 5.56 Å². The molecule has 0 bridgehead atoms. The number of furan rings is 1. The predicted octanol–water partition coefficient (Wildman–Crippen LogP) is 4.32. The highest BCUT2D eigenvalue weighted by Gasteiger charge is 2.41. The zero-order valence-electron chi connectivity index (χ0n) is 15.2. The Bertz CT molecular complexity index is 849. The van der Waals surface area contributed by atoms with Crippen LogP contribution in [0.15, 0.2) is 52.3 Å². The number of benzene rings is 1. The van der Waals surface area contributed by atoms with E-state index in [-0.39, 0.29) is 5.41 Å². The monoisotopic (exact) mass is 344 g/mol. The van der Waals surface area contributed by atoms with E-state index in [4.69, 9.17) is 4.42 Å². The molecule has 2 heterocycles. The van der Waals surface area contributed by atoms with E-state index < -0.39 is 7.29 Å². The van der Waals surface area contributed by atoms with Crippen LogP contribution < -0.4 is 10.4 Å². The third-order valence-electron chi connectivity index (χ3n) is 4.87. The van der Waals surface area contributed by atoms with Crippen LogP contribution in [0.1, 0.15) is 25.2 Å². The molecule has 0 saturated carbocycles. The first-order valence-electron chi connectivity index (χ1n) is 8.09. The third kappa shape index (κ3) is 2.45. The van der Waals surface area contributed by atoms with E-state index in [0.29, 0.717) is 5.50 Å². The Labute approximate surface area is 144 Å². The Morgan fingerprint density at radius 1 is 1.17 bits per heavy atom. The van der Waals surface area contributed by atoms with Gasteiger partial charge in [0.1, 0.15) is 5.76 Å². The van der Waals surface area contributed by atoms with Crippen LogP contribution in [0, 0.1) is 6.92 Å². The van der Waals surface area contributed by atoms with Gasteiger partial charge in [0.2, 0.25) is 7.29 Å². The fraction of sp³-hybridized carbons (Fsp3) is 0.368. The minimum Gasteiger partial charge on any atom is -0.457 e. The second-order valence-corrected chi connectivity index (χ2v) is 9.81. The molecule has 0 fully saturated rings. The number of likely N-dealkylation sites (N-methyl/N-ethyl adjacent to an activating group) is 1. The van der Waals surface area contributed by atoms with Crippen LogP contribution in [0.4, 0.5) is 5.69 Å². The second-order valence-electron chi connectivity index (χ2n) is 7.07. The molecule has 24 heavy (non-hydrogen) atoms. The molecular weight excluding hydrogens is 319 g/mol. The standard InChI is InChI=1S/C19H25N2O2P/c1-14-11-12-18(23-14)24(22,20(4)5)13-17-19(2,3)15-9-7-8-10-16(15)21(17)6/h7-13H,1-6H3/b17-13+/t24-/m0/s1. The van der Waals surface area contributed by atoms with Crippen LogP contribution in [0.5, 0.6) is 0 Å². The molecule has 128 valence electrons. The van der Waals surface area contributed by atoms with Gasteiger partial charge in [0, 0.05) is 29.7 Å². The Kier molecular flexibility index (Phi) is 4.01. The van der Waals surface area contributed by atoms with Crippen molar-refractivity contribution in [3.05, 3.63) is 59.2 Å². The van der Waals surface area contributed by atoms with Crippen molar-refractivity contribution < 1.29 is 8.98 Å². The van der Waals surface area contributed by atoms with Crippen molar-refractivity contribution in [3.8, 4) is 0 Å². The highest BCUT2D eigenvalue weighted by Crippen LogP contribution is 2.55. The number of aryl methyl sites for hydroxylation is 1. The number of hydrogen-bond acceptors (Lipinski definition) is 3. The number of para-hydroxylation sites is 1. The smallest absolute Gasteiger partial charge is 0.235 e. The molecule has 5 heteroatoms. The number of anilines is 1. The van der Waals surface area contributed by atoms with Crippen molar-refractivity contribution in [2.45, 2.75) is 26.2 Å². The van der Waals surface area contributed by atoms with Gasteiger partial charge in [-0.2, -0.15) is 0 Å². The molecule has 1 aromatic carbocycles. The molecule has 1 aromatic heterocycles. The zero-order chi connectivity index (χ0) is 17.7. The summed E-state index contributed by atoms with van der Waals surface area (Å²) in [6.45, 7) is 6.22. The number of allylic oxidation sites excluding steroid dienone is 1. The average molecular weight is 344 g/mol. The van der Waals surface area contributed by atoms with Crippen LogP contribution in [-0.2, 0) is 9.98 Å². The van der Waals surface area contributed by atoms with Crippen LogP contribution in [0.25, 0.3) is 0 Å². The molecule has 0 N–H and O–H groups in total. The van der Waals surface area contributed by atoms with Gasteiger partial charge in [0.05, 0.1) is 0 Å². The minimum atomic E-state index is -2.95. The maximum absolute atomic E-state index is 13.8. The molecule has 0 radical (unpaired) electrons. The summed E-state index contributed by atoms with van der Waals surface area (Å²) in [4.78, 5) is 2.14. The lowest BCUT2D eigenvalue weighted by molar-refractivity contribution is 0.506. The summed E-state index contributed by atoms with van der Waals surface area (Å²) in [5.74, 6) is 2.68. The predicted molar refractivity (Wildman–Crippen MR) is 100 cm³/mol. The molecule has 0 aliphatic carbocycles. The summed E-state index contributed by atoms with van der Waals surface area (Å²) < 4.78 is 21.3. The van der Waals surface area contributed by atoms with Crippen molar-refractivity contribution in [1.82, 2.24) is 4.67 Å². The van der Waals surface area contributed by atoms with Crippen molar-refractivity contribution in [2.75, 3.05) is 26.0 Å². The Balaban J connectivity index is 2.18. The number of nitrogens with zero attached hydrogens (tertiary/aromatic N) is 2. The molecule has 1 aliphatic heterocycles. The summed E-state index contributed by atoms with van der Waals surface area (Å²) >= 11 is 0. The first kappa shape index (κ1) is 17.1. The largest absolute Gasteiger partial charge is 0.457 e. The third-order valence-corrected chi connectivity index (χ3v) is 7.53. The molecule has 1 atom stereocenters. The Morgan fingerprint density at radius 3 is 2.38 bits per heavy atom. The van der Waals surface area contributed by atoms with Gasteiger partial charge in [-0.1, -0.05) is 32.0 Å². The summed E-state index contributed by atoms with van der Waals surface area (Å²) in [5, 5.41) is 0. The topological polar surface area (TPSA) is 36.7 Å². The normalized spacial score (nSPS) is 20.5. The fourth-order valence-corrected chi connectivity index (χ4v) is 5.51. The van der Waals surface area contributed by atoms with E-state index in [9.17, 15) is 4.57 Å². The van der Waals surface area contributed by atoms with E-state index in [2.05, 4.69) is 36.9 Å². The van der Waals surface area contributed by atoms with Crippen molar-refractivity contribution in [2.24, 2.45) is 0 Å². The first-order valence-corrected chi connectivity index (χ1v) is 9.82. The van der Waals surface area contributed by atoms with Crippen LogP contribution in [0.2, 0.25) is 0 Å². The maximum atomic E-state index is 13.8. The van der Waals surface area contributed by atoms with Gasteiger partial charge in [-0.3, -0.25) is 9.24 Å². The van der Waals surface area contributed by atoms with Crippen molar-refractivity contribution >= 4 is 18.5 Å². The molecule has 1 aliphatic rings. The molecule has 4 nitrogen and oxygen atoms in total. The van der Waals surface area contributed by atoms with Crippen LogP contribution >= 0.6 is 7.29 Å². The molecule has 0 saturated heterocycles. The number of rotatable bonds is 3. The molecule has 0 amide bonds. The average Bonchev–Trinajstić information content (AvgIpc) is 3.04.